The third kappa shape index (κ3) is 6.21. The van der Waals surface area contributed by atoms with Crippen LogP contribution >= 0.6 is 0 Å². The average molecular weight is 836 g/mol. The summed E-state index contributed by atoms with van der Waals surface area (Å²) >= 11 is 0. The van der Waals surface area contributed by atoms with Crippen molar-refractivity contribution in [3.05, 3.63) is 229 Å². The Labute approximate surface area is 384 Å². The molecule has 2 aliphatic rings. The van der Waals surface area contributed by atoms with Gasteiger partial charge < -0.3 is 0 Å². The Morgan fingerprint density at radius 2 is 0.697 bits per heavy atom. The SMILES string of the molecule is [C-]#[N+]c1cc(C#N)c(B2c3ccccc3-c3ccccc3-c3ccccc32)c(-c2nc(-c3ccccc3)nc(-c3ccccc3)n2)c1B1c2ccccc2-c2ccccc2-c2ccccc21. The standard InChI is InChI=1S/C59H35B2N5/c1-63-53-36-40(37-62)55(60-49-32-16-12-28-45(49)41-24-8-9-25-42(41)46-29-13-17-33-50(46)60)54(59-65-57(38-20-4-2-5-21-38)64-58(66-59)39-22-6-3-7-23-39)56(53)61-51-34-18-14-30-47(51)43-26-10-11-27-44(43)48-31-15-19-35-52(48)61/h2-36H. The van der Waals surface area contributed by atoms with Crippen molar-refractivity contribution < 1.29 is 0 Å². The summed E-state index contributed by atoms with van der Waals surface area (Å²) in [6, 6.07) is 75.8. The molecule has 0 unspecified atom stereocenters. The monoisotopic (exact) mass is 835 g/mol. The molecule has 302 valence electrons. The Kier molecular flexibility index (Phi) is 9.41. The number of fused-ring (bicyclic) bond motifs is 10. The highest BCUT2D eigenvalue weighted by atomic mass is 15.0. The summed E-state index contributed by atoms with van der Waals surface area (Å²) in [6.07, 6.45) is 0. The second kappa shape index (κ2) is 16.0. The maximum absolute atomic E-state index is 11.6. The highest BCUT2D eigenvalue weighted by molar-refractivity contribution is 7.02. The van der Waals surface area contributed by atoms with E-state index in [0.29, 0.717) is 34.3 Å². The van der Waals surface area contributed by atoms with Gasteiger partial charge in [-0.05, 0) is 56.0 Å². The lowest BCUT2D eigenvalue weighted by Crippen LogP contribution is -2.59. The maximum Gasteiger partial charge on any atom is 0.245 e. The van der Waals surface area contributed by atoms with Crippen LogP contribution in [0.1, 0.15) is 5.56 Å². The molecule has 0 aliphatic carbocycles. The lowest BCUT2D eigenvalue weighted by molar-refractivity contribution is 1.08. The van der Waals surface area contributed by atoms with E-state index < -0.39 is 13.4 Å². The number of rotatable bonds is 5. The molecule has 0 amide bonds. The quantitative estimate of drug-likeness (QED) is 0.128. The van der Waals surface area contributed by atoms with E-state index >= 15 is 0 Å². The van der Waals surface area contributed by atoms with Gasteiger partial charge in [0.05, 0.1) is 12.6 Å². The van der Waals surface area contributed by atoms with Crippen LogP contribution in [0.15, 0.2) is 212 Å². The Balaban J connectivity index is 1.30. The first kappa shape index (κ1) is 38.7. The summed E-state index contributed by atoms with van der Waals surface area (Å²) in [4.78, 5) is 20.5. The van der Waals surface area contributed by atoms with E-state index in [1.165, 1.54) is 0 Å². The molecule has 5 nitrogen and oxygen atoms in total. The topological polar surface area (TPSA) is 66.8 Å². The first-order valence-corrected chi connectivity index (χ1v) is 22.1. The highest BCUT2D eigenvalue weighted by Gasteiger charge is 2.41. The molecular weight excluding hydrogens is 800 g/mol. The van der Waals surface area contributed by atoms with Crippen molar-refractivity contribution in [2.75, 3.05) is 0 Å². The Morgan fingerprint density at radius 1 is 0.379 bits per heavy atom. The zero-order chi connectivity index (χ0) is 44.1. The molecule has 0 radical (unpaired) electrons. The van der Waals surface area contributed by atoms with Crippen molar-refractivity contribution >= 4 is 51.9 Å². The number of hydrogen-bond donors (Lipinski definition) is 0. The molecular formula is C59H35B2N5. The minimum Gasteiger partial charge on any atom is -0.239 e. The van der Waals surface area contributed by atoms with E-state index in [1.807, 2.05) is 66.7 Å². The van der Waals surface area contributed by atoms with Crippen molar-refractivity contribution in [3.8, 4) is 84.7 Å². The summed E-state index contributed by atoms with van der Waals surface area (Å²) in [5.74, 6) is 1.38. The molecule has 2 aliphatic heterocycles. The predicted molar refractivity (Wildman–Crippen MR) is 271 cm³/mol. The summed E-state index contributed by atoms with van der Waals surface area (Å²) in [5.41, 5.74) is 17.5. The van der Waals surface area contributed by atoms with Gasteiger partial charge in [0, 0.05) is 22.3 Å². The third-order valence-corrected chi connectivity index (χ3v) is 13.2. The van der Waals surface area contributed by atoms with Gasteiger partial charge >= 0.3 is 0 Å². The lowest BCUT2D eigenvalue weighted by Gasteiger charge is -2.28. The van der Waals surface area contributed by atoms with Crippen LogP contribution < -0.4 is 32.8 Å². The van der Waals surface area contributed by atoms with Gasteiger partial charge in [0.15, 0.2) is 23.2 Å². The van der Waals surface area contributed by atoms with Crippen molar-refractivity contribution in [2.45, 2.75) is 0 Å². The first-order chi connectivity index (χ1) is 32.7. The number of nitrogens with zero attached hydrogens (tertiary/aromatic N) is 5. The van der Waals surface area contributed by atoms with E-state index in [0.717, 1.165) is 88.4 Å². The lowest BCUT2D eigenvalue weighted by atomic mass is 9.30. The summed E-state index contributed by atoms with van der Waals surface area (Å²) < 4.78 is 0. The van der Waals surface area contributed by atoms with Crippen LogP contribution in [-0.4, -0.2) is 28.4 Å². The predicted octanol–water partition coefficient (Wildman–Crippen LogP) is 9.62. The van der Waals surface area contributed by atoms with Crippen LogP contribution in [0.5, 0.6) is 0 Å². The molecule has 7 heteroatoms. The van der Waals surface area contributed by atoms with Crippen LogP contribution in [0.3, 0.4) is 0 Å². The van der Waals surface area contributed by atoms with Crippen LogP contribution in [0.25, 0.3) is 83.5 Å². The molecule has 0 N–H and O–H groups in total. The van der Waals surface area contributed by atoms with Gasteiger partial charge in [-0.2, -0.15) is 5.26 Å². The fraction of sp³-hybridized carbons (Fsp3) is 0. The molecule has 0 atom stereocenters. The summed E-state index contributed by atoms with van der Waals surface area (Å²) in [5, 5.41) is 11.6. The Hall–Kier alpha value is -8.90. The Morgan fingerprint density at radius 3 is 1.06 bits per heavy atom. The van der Waals surface area contributed by atoms with E-state index in [4.69, 9.17) is 21.5 Å². The van der Waals surface area contributed by atoms with Crippen LogP contribution in [-0.2, 0) is 0 Å². The van der Waals surface area contributed by atoms with Gasteiger partial charge in [0.1, 0.15) is 0 Å². The molecule has 0 saturated heterocycles. The zero-order valence-corrected chi connectivity index (χ0v) is 35.6. The summed E-state index contributed by atoms with van der Waals surface area (Å²) in [6.45, 7) is 8.10. The van der Waals surface area contributed by atoms with Gasteiger partial charge in [-0.15, -0.1) is 0 Å². The van der Waals surface area contributed by atoms with Crippen molar-refractivity contribution in [2.24, 2.45) is 0 Å². The van der Waals surface area contributed by atoms with Gasteiger partial charge in [-0.1, -0.05) is 234 Å². The van der Waals surface area contributed by atoms with Crippen LogP contribution in [0.4, 0.5) is 5.69 Å². The second-order valence-electron chi connectivity index (χ2n) is 16.7. The van der Waals surface area contributed by atoms with Gasteiger partial charge in [-0.3, -0.25) is 0 Å². The normalized spacial score (nSPS) is 11.8. The van der Waals surface area contributed by atoms with E-state index in [-0.39, 0.29) is 0 Å². The fourth-order valence-electron chi connectivity index (χ4n) is 10.5. The molecule has 10 aromatic rings. The molecule has 12 rings (SSSR count). The summed E-state index contributed by atoms with van der Waals surface area (Å²) in [7, 11) is 0. The molecule has 0 bridgehead atoms. The van der Waals surface area contributed by atoms with Gasteiger partial charge in [-0.25, -0.2) is 19.8 Å². The third-order valence-electron chi connectivity index (χ3n) is 13.2. The number of hydrogen-bond acceptors (Lipinski definition) is 4. The molecule has 9 aromatic carbocycles. The second-order valence-corrected chi connectivity index (χ2v) is 16.7. The highest BCUT2D eigenvalue weighted by Crippen LogP contribution is 2.37. The zero-order valence-electron chi connectivity index (χ0n) is 35.6. The molecule has 3 heterocycles. The first-order valence-electron chi connectivity index (χ1n) is 22.1. The maximum atomic E-state index is 11.6. The smallest absolute Gasteiger partial charge is 0.239 e. The van der Waals surface area contributed by atoms with E-state index in [9.17, 15) is 5.26 Å². The molecule has 66 heavy (non-hydrogen) atoms. The fourth-order valence-corrected chi connectivity index (χ4v) is 10.5. The largest absolute Gasteiger partial charge is 0.245 e. The van der Waals surface area contributed by atoms with Crippen molar-refractivity contribution in [3.63, 3.8) is 0 Å². The van der Waals surface area contributed by atoms with Crippen molar-refractivity contribution in [1.29, 1.82) is 5.26 Å². The minimum atomic E-state index is -0.487. The number of aromatic nitrogens is 3. The number of benzene rings is 9. The average Bonchev–Trinajstić information content (AvgIpc) is 3.60. The Bertz CT molecular complexity index is 3280. The minimum absolute atomic E-state index is 0.368. The molecule has 0 spiro atoms. The molecule has 0 saturated carbocycles. The van der Waals surface area contributed by atoms with E-state index in [2.05, 4.69) is 157 Å². The van der Waals surface area contributed by atoms with Crippen LogP contribution in [0, 0.1) is 17.9 Å². The van der Waals surface area contributed by atoms with Gasteiger partial charge in [0.25, 0.3) is 0 Å². The van der Waals surface area contributed by atoms with Crippen molar-refractivity contribution in [1.82, 2.24) is 15.0 Å². The number of nitriles is 1. The van der Waals surface area contributed by atoms with Crippen LogP contribution in [0.2, 0.25) is 0 Å². The molecule has 1 aromatic heterocycles. The van der Waals surface area contributed by atoms with Gasteiger partial charge in [0.2, 0.25) is 13.4 Å². The van der Waals surface area contributed by atoms with E-state index in [1.54, 1.807) is 0 Å². The molecule has 0 fully saturated rings.